The monoisotopic (exact) mass is 431 g/mol. The largest absolute Gasteiger partial charge is 0.371 e. The molecule has 1 N–H and O–H groups in total. The number of thioether (sulfide) groups is 1. The molecule has 3 rings (SSSR count). The van der Waals surface area contributed by atoms with E-state index in [2.05, 4.69) is 28.2 Å². The third kappa shape index (κ3) is 5.05. The minimum atomic E-state index is -0.497. The Morgan fingerprint density at radius 3 is 2.86 bits per heavy atom. The number of carbonyl (C=O) groups is 1. The Balaban J connectivity index is 1.87. The molecule has 1 amide bonds. The molecule has 0 bridgehead atoms. The fraction of sp³-hybridized carbons (Fsp3) is 0.421. The molecule has 1 aliphatic rings. The fourth-order valence-corrected chi connectivity index (χ4v) is 4.97. The molecular formula is C19H21N5O3S2. The molecule has 0 unspecified atom stereocenters. The average Bonchev–Trinajstić information content (AvgIpc) is 3.05. The Morgan fingerprint density at radius 2 is 2.21 bits per heavy atom. The van der Waals surface area contributed by atoms with Crippen LogP contribution in [0.4, 0.5) is 16.5 Å². The van der Waals surface area contributed by atoms with Crippen molar-refractivity contribution in [1.29, 1.82) is 5.26 Å². The summed E-state index contributed by atoms with van der Waals surface area (Å²) in [6.45, 7) is 5.64. The molecule has 29 heavy (non-hydrogen) atoms. The van der Waals surface area contributed by atoms with Crippen LogP contribution in [-0.4, -0.2) is 34.7 Å². The van der Waals surface area contributed by atoms with Gasteiger partial charge < -0.3 is 4.90 Å². The van der Waals surface area contributed by atoms with Gasteiger partial charge in [-0.15, -0.1) is 0 Å². The first kappa shape index (κ1) is 21.1. The van der Waals surface area contributed by atoms with Gasteiger partial charge in [0.2, 0.25) is 0 Å². The van der Waals surface area contributed by atoms with Crippen molar-refractivity contribution in [3.63, 3.8) is 0 Å². The van der Waals surface area contributed by atoms with Crippen LogP contribution in [0.5, 0.6) is 0 Å². The van der Waals surface area contributed by atoms with E-state index in [1.807, 2.05) is 6.92 Å². The maximum Gasteiger partial charge on any atom is 0.270 e. The van der Waals surface area contributed by atoms with Crippen molar-refractivity contribution >= 4 is 45.5 Å². The van der Waals surface area contributed by atoms with Crippen molar-refractivity contribution in [2.24, 2.45) is 5.92 Å². The highest BCUT2D eigenvalue weighted by Gasteiger charge is 2.24. The quantitative estimate of drug-likeness (QED) is 0.408. The van der Waals surface area contributed by atoms with Crippen LogP contribution >= 0.6 is 23.1 Å². The standard InChI is InChI=1S/C19H21N5O3S2/c1-12-5-8-23(9-6-12)16-4-3-14(24(26)27)11-15(16)17(25)22-19-21-13(2)18(29-19)28-10-7-20/h3-4,11-12H,5-6,8-10H2,1-2H3,(H,21,22,25). The summed E-state index contributed by atoms with van der Waals surface area (Å²) >= 11 is 2.67. The van der Waals surface area contributed by atoms with Gasteiger partial charge in [0, 0.05) is 25.2 Å². The van der Waals surface area contributed by atoms with E-state index in [1.165, 1.54) is 35.2 Å². The van der Waals surface area contributed by atoms with Crippen LogP contribution in [0.3, 0.4) is 0 Å². The number of nitro benzene ring substituents is 1. The van der Waals surface area contributed by atoms with Gasteiger partial charge in [0.1, 0.15) is 0 Å². The summed E-state index contributed by atoms with van der Waals surface area (Å²) in [7, 11) is 0. The molecule has 2 heterocycles. The predicted octanol–water partition coefficient (Wildman–Crippen LogP) is 4.46. The summed E-state index contributed by atoms with van der Waals surface area (Å²) in [5.74, 6) is 0.510. The molecule has 1 saturated heterocycles. The molecule has 0 radical (unpaired) electrons. The molecule has 152 valence electrons. The van der Waals surface area contributed by atoms with Crippen molar-refractivity contribution in [3.8, 4) is 6.07 Å². The highest BCUT2D eigenvalue weighted by atomic mass is 32.2. The second-order valence-corrected chi connectivity index (χ2v) is 9.16. The Kier molecular flexibility index (Phi) is 6.71. The zero-order chi connectivity index (χ0) is 21.0. The number of non-ortho nitro benzene ring substituents is 1. The number of nitro groups is 1. The van der Waals surface area contributed by atoms with Crippen LogP contribution in [0.1, 0.15) is 35.8 Å². The highest BCUT2D eigenvalue weighted by Crippen LogP contribution is 2.33. The van der Waals surface area contributed by atoms with Gasteiger partial charge in [0.15, 0.2) is 5.13 Å². The van der Waals surface area contributed by atoms with Gasteiger partial charge in [0.25, 0.3) is 11.6 Å². The summed E-state index contributed by atoms with van der Waals surface area (Å²) in [5.41, 5.74) is 1.60. The molecule has 2 aromatic rings. The molecule has 0 saturated carbocycles. The molecule has 0 spiro atoms. The number of benzene rings is 1. The van der Waals surface area contributed by atoms with Gasteiger partial charge in [-0.1, -0.05) is 30.0 Å². The lowest BCUT2D eigenvalue weighted by molar-refractivity contribution is -0.384. The lowest BCUT2D eigenvalue weighted by Crippen LogP contribution is -2.34. The van der Waals surface area contributed by atoms with E-state index >= 15 is 0 Å². The first-order chi connectivity index (χ1) is 13.9. The molecule has 1 aromatic heterocycles. The summed E-state index contributed by atoms with van der Waals surface area (Å²) in [6, 6.07) is 6.49. The Bertz CT molecular complexity index is 961. The fourth-order valence-electron chi connectivity index (χ4n) is 3.18. The SMILES string of the molecule is Cc1nc(NC(=O)c2cc([N+](=O)[O-])ccc2N2CCC(C)CC2)sc1SCC#N. The predicted molar refractivity (Wildman–Crippen MR) is 115 cm³/mol. The molecule has 1 aromatic carbocycles. The number of nitriles is 1. The number of nitrogens with one attached hydrogen (secondary N) is 1. The van der Waals surface area contributed by atoms with Gasteiger partial charge in [-0.2, -0.15) is 5.26 Å². The minimum absolute atomic E-state index is 0.120. The van der Waals surface area contributed by atoms with E-state index in [4.69, 9.17) is 5.26 Å². The third-order valence-corrected chi connectivity index (χ3v) is 7.10. The van der Waals surface area contributed by atoms with Crippen molar-refractivity contribution in [2.45, 2.75) is 30.9 Å². The first-order valence-electron chi connectivity index (χ1n) is 9.21. The Labute approximate surface area is 177 Å². The van der Waals surface area contributed by atoms with Gasteiger partial charge in [-0.3, -0.25) is 20.2 Å². The van der Waals surface area contributed by atoms with E-state index in [1.54, 1.807) is 6.07 Å². The van der Waals surface area contributed by atoms with Gasteiger partial charge in [0.05, 0.1) is 37.9 Å². The lowest BCUT2D eigenvalue weighted by atomic mass is 9.98. The van der Waals surface area contributed by atoms with E-state index in [9.17, 15) is 14.9 Å². The second-order valence-electron chi connectivity index (χ2n) is 6.92. The van der Waals surface area contributed by atoms with E-state index < -0.39 is 10.8 Å². The maximum atomic E-state index is 13.0. The van der Waals surface area contributed by atoms with E-state index in [0.29, 0.717) is 22.5 Å². The van der Waals surface area contributed by atoms with E-state index in [0.717, 1.165) is 35.8 Å². The second kappa shape index (κ2) is 9.24. The van der Waals surface area contributed by atoms with Crippen LogP contribution in [0, 0.1) is 34.3 Å². The van der Waals surface area contributed by atoms with Crippen LogP contribution in [0.2, 0.25) is 0 Å². The first-order valence-corrected chi connectivity index (χ1v) is 11.0. The number of amides is 1. The van der Waals surface area contributed by atoms with Crippen molar-refractivity contribution < 1.29 is 9.72 Å². The van der Waals surface area contributed by atoms with Gasteiger partial charge >= 0.3 is 0 Å². The van der Waals surface area contributed by atoms with Gasteiger partial charge in [-0.05, 0) is 31.7 Å². The van der Waals surface area contributed by atoms with Crippen LogP contribution in [-0.2, 0) is 0 Å². The molecule has 10 heteroatoms. The minimum Gasteiger partial charge on any atom is -0.371 e. The number of anilines is 2. The normalized spacial score (nSPS) is 14.4. The molecule has 1 aliphatic heterocycles. The number of hydrogen-bond donors (Lipinski definition) is 1. The number of aryl methyl sites for hydroxylation is 1. The summed E-state index contributed by atoms with van der Waals surface area (Å²) in [6.07, 6.45) is 2.03. The Morgan fingerprint density at radius 1 is 1.48 bits per heavy atom. The number of piperidine rings is 1. The molecule has 0 atom stereocenters. The third-order valence-electron chi connectivity index (χ3n) is 4.80. The molecule has 1 fully saturated rings. The number of rotatable bonds is 6. The number of carbonyl (C=O) groups excluding carboxylic acids is 1. The number of thiazole rings is 1. The number of aromatic nitrogens is 1. The van der Waals surface area contributed by atoms with Gasteiger partial charge in [-0.25, -0.2) is 4.98 Å². The Hall–Kier alpha value is -2.64. The number of hydrogen-bond acceptors (Lipinski definition) is 8. The maximum absolute atomic E-state index is 13.0. The van der Waals surface area contributed by atoms with Crippen molar-refractivity contribution in [2.75, 3.05) is 29.1 Å². The highest BCUT2D eigenvalue weighted by molar-refractivity contribution is 8.01. The number of nitrogens with zero attached hydrogens (tertiary/aromatic N) is 4. The molecular weight excluding hydrogens is 410 g/mol. The van der Waals surface area contributed by atoms with Crippen molar-refractivity contribution in [1.82, 2.24) is 4.98 Å². The average molecular weight is 432 g/mol. The summed E-state index contributed by atoms with van der Waals surface area (Å²) < 4.78 is 0.867. The molecule has 0 aliphatic carbocycles. The van der Waals surface area contributed by atoms with Crippen LogP contribution in [0.25, 0.3) is 0 Å². The van der Waals surface area contributed by atoms with E-state index in [-0.39, 0.29) is 11.3 Å². The summed E-state index contributed by atoms with van der Waals surface area (Å²) in [5, 5.41) is 23.2. The van der Waals surface area contributed by atoms with Crippen LogP contribution in [0.15, 0.2) is 22.4 Å². The van der Waals surface area contributed by atoms with Crippen LogP contribution < -0.4 is 10.2 Å². The zero-order valence-corrected chi connectivity index (χ0v) is 17.8. The summed E-state index contributed by atoms with van der Waals surface area (Å²) in [4.78, 5) is 30.2. The smallest absolute Gasteiger partial charge is 0.270 e. The lowest BCUT2D eigenvalue weighted by Gasteiger charge is -2.33. The zero-order valence-electron chi connectivity index (χ0n) is 16.2. The van der Waals surface area contributed by atoms with Crippen molar-refractivity contribution in [3.05, 3.63) is 39.6 Å². The topological polar surface area (TPSA) is 112 Å². The molecule has 8 nitrogen and oxygen atoms in total.